The lowest BCUT2D eigenvalue weighted by Crippen LogP contribution is -2.40. The summed E-state index contributed by atoms with van der Waals surface area (Å²) in [6.07, 6.45) is 5.28. The van der Waals surface area contributed by atoms with Crippen molar-refractivity contribution in [3.05, 3.63) is 0 Å². The molecular weight excluding hydrogens is 218 g/mol. The average molecular weight is 241 g/mol. The summed E-state index contributed by atoms with van der Waals surface area (Å²) in [5.74, 6) is -0.842. The van der Waals surface area contributed by atoms with Gasteiger partial charge in [-0.15, -0.1) is 0 Å². The van der Waals surface area contributed by atoms with Crippen molar-refractivity contribution in [1.82, 2.24) is 5.32 Å². The fraction of sp³-hybridized carbons (Fsp3) is 0.846. The Morgan fingerprint density at radius 1 is 1.35 bits per heavy atom. The van der Waals surface area contributed by atoms with Gasteiger partial charge in [0.1, 0.15) is 0 Å². The van der Waals surface area contributed by atoms with Crippen molar-refractivity contribution in [2.75, 3.05) is 0 Å². The van der Waals surface area contributed by atoms with Gasteiger partial charge in [0.05, 0.1) is 0 Å². The number of hydrogen-bond donors (Lipinski definition) is 2. The van der Waals surface area contributed by atoms with Gasteiger partial charge >= 0.3 is 5.97 Å². The topological polar surface area (TPSA) is 66.4 Å². The molecule has 4 heteroatoms. The largest absolute Gasteiger partial charge is 0.481 e. The molecular formula is C13H23NO3. The number of carbonyl (C=O) groups is 2. The second-order valence-electron chi connectivity index (χ2n) is 5.77. The van der Waals surface area contributed by atoms with Gasteiger partial charge in [-0.1, -0.05) is 20.3 Å². The molecule has 4 nitrogen and oxygen atoms in total. The van der Waals surface area contributed by atoms with Gasteiger partial charge in [-0.05, 0) is 31.1 Å². The first-order chi connectivity index (χ1) is 7.89. The summed E-state index contributed by atoms with van der Waals surface area (Å²) < 4.78 is 0. The van der Waals surface area contributed by atoms with Crippen LogP contribution in [0.1, 0.15) is 58.8 Å². The average Bonchev–Trinajstić information content (AvgIpc) is 2.14. The van der Waals surface area contributed by atoms with Gasteiger partial charge in [-0.2, -0.15) is 0 Å². The smallest absolute Gasteiger partial charge is 0.303 e. The Labute approximate surface area is 103 Å². The van der Waals surface area contributed by atoms with E-state index in [1.807, 2.05) is 0 Å². The summed E-state index contributed by atoms with van der Waals surface area (Å²) in [7, 11) is 0. The summed E-state index contributed by atoms with van der Waals surface area (Å²) in [6.45, 7) is 4.46. The minimum Gasteiger partial charge on any atom is -0.481 e. The first kappa shape index (κ1) is 14.0. The lowest BCUT2D eigenvalue weighted by Gasteiger charge is -2.35. The number of nitrogens with one attached hydrogen (secondary N) is 1. The number of amides is 1. The molecule has 1 fully saturated rings. The van der Waals surface area contributed by atoms with Crippen LogP contribution in [0.25, 0.3) is 0 Å². The van der Waals surface area contributed by atoms with E-state index in [2.05, 4.69) is 19.2 Å². The molecule has 1 unspecified atom stereocenters. The molecule has 1 aliphatic rings. The maximum atomic E-state index is 11.6. The van der Waals surface area contributed by atoms with Crippen molar-refractivity contribution in [2.24, 2.45) is 5.41 Å². The van der Waals surface area contributed by atoms with Crippen LogP contribution in [-0.2, 0) is 9.59 Å². The molecule has 0 heterocycles. The summed E-state index contributed by atoms with van der Waals surface area (Å²) in [4.78, 5) is 21.9. The van der Waals surface area contributed by atoms with Gasteiger partial charge in [0.15, 0.2) is 0 Å². The zero-order valence-electron chi connectivity index (χ0n) is 10.8. The highest BCUT2D eigenvalue weighted by Crippen LogP contribution is 2.35. The Hall–Kier alpha value is -1.06. The van der Waals surface area contributed by atoms with E-state index in [9.17, 15) is 9.59 Å². The number of rotatable bonds is 5. The van der Waals surface area contributed by atoms with Gasteiger partial charge < -0.3 is 10.4 Å². The zero-order valence-corrected chi connectivity index (χ0v) is 10.8. The van der Waals surface area contributed by atoms with Crippen LogP contribution in [-0.4, -0.2) is 23.0 Å². The molecule has 17 heavy (non-hydrogen) atoms. The molecule has 1 amide bonds. The minimum atomic E-state index is -0.836. The molecule has 98 valence electrons. The number of hydrogen-bond acceptors (Lipinski definition) is 2. The van der Waals surface area contributed by atoms with Crippen LogP contribution in [0.2, 0.25) is 0 Å². The summed E-state index contributed by atoms with van der Waals surface area (Å²) in [5, 5.41) is 11.5. The van der Waals surface area contributed by atoms with Crippen molar-refractivity contribution >= 4 is 11.9 Å². The van der Waals surface area contributed by atoms with Crippen LogP contribution in [0.15, 0.2) is 0 Å². The number of carboxylic acid groups (broad SMARTS) is 1. The first-order valence-electron chi connectivity index (χ1n) is 6.40. The van der Waals surface area contributed by atoms with Crippen LogP contribution in [0.3, 0.4) is 0 Å². The van der Waals surface area contributed by atoms with Crippen molar-refractivity contribution in [2.45, 2.75) is 64.8 Å². The van der Waals surface area contributed by atoms with Crippen molar-refractivity contribution in [1.29, 1.82) is 0 Å². The lowest BCUT2D eigenvalue weighted by atomic mass is 9.75. The SMILES string of the molecule is CC1(C)CCCC(NC(=O)CCCC(=O)O)C1. The first-order valence-corrected chi connectivity index (χ1v) is 6.40. The van der Waals surface area contributed by atoms with Crippen LogP contribution in [0.5, 0.6) is 0 Å². The predicted octanol–water partition coefficient (Wildman–Crippen LogP) is 2.33. The molecule has 0 aromatic carbocycles. The molecule has 0 radical (unpaired) electrons. The van der Waals surface area contributed by atoms with E-state index in [1.165, 1.54) is 6.42 Å². The Bertz CT molecular complexity index is 286. The van der Waals surface area contributed by atoms with E-state index >= 15 is 0 Å². The van der Waals surface area contributed by atoms with Gasteiger partial charge in [0.25, 0.3) is 0 Å². The maximum absolute atomic E-state index is 11.6. The molecule has 1 rings (SSSR count). The molecule has 1 saturated carbocycles. The van der Waals surface area contributed by atoms with E-state index in [4.69, 9.17) is 5.11 Å². The number of aliphatic carboxylic acids is 1. The monoisotopic (exact) mass is 241 g/mol. The highest BCUT2D eigenvalue weighted by molar-refractivity contribution is 5.77. The van der Waals surface area contributed by atoms with Gasteiger partial charge in [-0.25, -0.2) is 0 Å². The predicted molar refractivity (Wildman–Crippen MR) is 65.7 cm³/mol. The Kier molecular flexibility index (Phi) is 4.97. The fourth-order valence-corrected chi connectivity index (χ4v) is 2.52. The molecule has 1 atom stereocenters. The van der Waals surface area contributed by atoms with Crippen molar-refractivity contribution < 1.29 is 14.7 Å². The van der Waals surface area contributed by atoms with Crippen LogP contribution in [0, 0.1) is 5.41 Å². The van der Waals surface area contributed by atoms with Crippen molar-refractivity contribution in [3.63, 3.8) is 0 Å². The second-order valence-corrected chi connectivity index (χ2v) is 5.77. The van der Waals surface area contributed by atoms with Gasteiger partial charge in [-0.3, -0.25) is 9.59 Å². The summed E-state index contributed by atoms with van der Waals surface area (Å²) in [6, 6.07) is 0.274. The molecule has 0 aliphatic heterocycles. The Balaban J connectivity index is 2.24. The quantitative estimate of drug-likeness (QED) is 0.776. The highest BCUT2D eigenvalue weighted by Gasteiger charge is 2.28. The van der Waals surface area contributed by atoms with Crippen LogP contribution < -0.4 is 5.32 Å². The third-order valence-electron chi connectivity index (χ3n) is 3.36. The number of carboxylic acids is 1. The zero-order chi connectivity index (χ0) is 12.9. The normalized spacial score (nSPS) is 23.1. The lowest BCUT2D eigenvalue weighted by molar-refractivity contribution is -0.137. The highest BCUT2D eigenvalue weighted by atomic mass is 16.4. The molecule has 0 bridgehead atoms. The molecule has 0 aromatic rings. The molecule has 2 N–H and O–H groups in total. The van der Waals surface area contributed by atoms with Crippen molar-refractivity contribution in [3.8, 4) is 0 Å². The van der Waals surface area contributed by atoms with E-state index in [0.29, 0.717) is 18.3 Å². The second kappa shape index (κ2) is 6.03. The number of carbonyl (C=O) groups excluding carboxylic acids is 1. The summed E-state index contributed by atoms with van der Waals surface area (Å²) in [5.41, 5.74) is 0.317. The summed E-state index contributed by atoms with van der Waals surface area (Å²) >= 11 is 0. The Morgan fingerprint density at radius 3 is 2.65 bits per heavy atom. The van der Waals surface area contributed by atoms with Crippen LogP contribution in [0.4, 0.5) is 0 Å². The van der Waals surface area contributed by atoms with E-state index in [0.717, 1.165) is 19.3 Å². The third-order valence-corrected chi connectivity index (χ3v) is 3.36. The van der Waals surface area contributed by atoms with Gasteiger partial charge in [0, 0.05) is 18.9 Å². The molecule has 0 saturated heterocycles. The van der Waals surface area contributed by atoms with E-state index in [-0.39, 0.29) is 18.4 Å². The minimum absolute atomic E-state index is 0.00560. The van der Waals surface area contributed by atoms with E-state index in [1.54, 1.807) is 0 Å². The fourth-order valence-electron chi connectivity index (χ4n) is 2.52. The molecule has 0 aromatic heterocycles. The van der Waals surface area contributed by atoms with Crippen LogP contribution >= 0.6 is 0 Å². The molecule has 0 spiro atoms. The standard InChI is InChI=1S/C13H23NO3/c1-13(2)8-4-5-10(9-13)14-11(15)6-3-7-12(16)17/h10H,3-9H2,1-2H3,(H,14,15)(H,16,17). The third kappa shape index (κ3) is 5.71. The van der Waals surface area contributed by atoms with E-state index < -0.39 is 5.97 Å². The van der Waals surface area contributed by atoms with Gasteiger partial charge in [0.2, 0.25) is 5.91 Å². The molecule has 1 aliphatic carbocycles. The Morgan fingerprint density at radius 2 is 2.06 bits per heavy atom. The maximum Gasteiger partial charge on any atom is 0.303 e.